The molecule has 0 aromatic carbocycles. The average Bonchev–Trinajstić information content (AvgIpc) is 2.66. The summed E-state index contributed by atoms with van der Waals surface area (Å²) in [5.41, 5.74) is 1.78. The molecule has 0 heteroatoms. The first-order valence-electron chi connectivity index (χ1n) is 7.28. The zero-order chi connectivity index (χ0) is 11.2. The van der Waals surface area contributed by atoms with Gasteiger partial charge < -0.3 is 0 Å². The van der Waals surface area contributed by atoms with Crippen molar-refractivity contribution in [2.75, 3.05) is 0 Å². The van der Waals surface area contributed by atoms with Crippen molar-refractivity contribution >= 4 is 0 Å². The normalized spacial score (nSPS) is 36.9. The van der Waals surface area contributed by atoms with E-state index in [4.69, 9.17) is 0 Å². The number of rotatable bonds is 1. The summed E-state index contributed by atoms with van der Waals surface area (Å²) < 4.78 is 0. The highest BCUT2D eigenvalue weighted by atomic mass is 14.3. The van der Waals surface area contributed by atoms with Gasteiger partial charge in [0.15, 0.2) is 0 Å². The molecular weight excluding hydrogens is 192 g/mol. The van der Waals surface area contributed by atoms with Gasteiger partial charge in [-0.15, -0.1) is 0 Å². The Bertz CT molecular complexity index is 259. The minimum absolute atomic E-state index is 0.899. The van der Waals surface area contributed by atoms with Crippen molar-refractivity contribution in [3.63, 3.8) is 0 Å². The maximum absolute atomic E-state index is 2.46. The van der Waals surface area contributed by atoms with Gasteiger partial charge in [0.2, 0.25) is 0 Å². The van der Waals surface area contributed by atoms with E-state index < -0.39 is 0 Å². The molecule has 0 radical (unpaired) electrons. The molecule has 0 heterocycles. The van der Waals surface area contributed by atoms with Crippen LogP contribution in [0, 0.1) is 11.8 Å². The van der Waals surface area contributed by atoms with Gasteiger partial charge in [0.05, 0.1) is 0 Å². The third kappa shape index (κ3) is 2.99. The molecule has 0 spiro atoms. The summed E-state index contributed by atoms with van der Waals surface area (Å²) in [6.07, 6.45) is 19.9. The SMILES string of the molecule is CCC1CCC2CCCCCC/C=C/C=C/12. The molecule has 2 rings (SSSR count). The number of allylic oxidation sites excluding steroid dienone is 4. The van der Waals surface area contributed by atoms with Crippen LogP contribution in [0.3, 0.4) is 0 Å². The summed E-state index contributed by atoms with van der Waals surface area (Å²) in [5.74, 6) is 1.82. The largest absolute Gasteiger partial charge is 0.0845 e. The zero-order valence-electron chi connectivity index (χ0n) is 10.8. The van der Waals surface area contributed by atoms with Gasteiger partial charge in [0.25, 0.3) is 0 Å². The summed E-state index contributed by atoms with van der Waals surface area (Å²) in [6.45, 7) is 2.35. The molecule has 2 atom stereocenters. The van der Waals surface area contributed by atoms with E-state index in [2.05, 4.69) is 25.2 Å². The van der Waals surface area contributed by atoms with Gasteiger partial charge in [-0.1, -0.05) is 50.0 Å². The second-order valence-corrected chi connectivity index (χ2v) is 5.47. The van der Waals surface area contributed by atoms with Gasteiger partial charge in [-0.3, -0.25) is 0 Å². The minimum Gasteiger partial charge on any atom is -0.0845 e. The number of hydrogen-bond acceptors (Lipinski definition) is 0. The van der Waals surface area contributed by atoms with Crippen molar-refractivity contribution in [3.05, 3.63) is 23.8 Å². The average molecular weight is 218 g/mol. The van der Waals surface area contributed by atoms with Crippen molar-refractivity contribution in [3.8, 4) is 0 Å². The molecule has 0 aromatic rings. The zero-order valence-corrected chi connectivity index (χ0v) is 10.8. The van der Waals surface area contributed by atoms with Crippen LogP contribution >= 0.6 is 0 Å². The van der Waals surface area contributed by atoms with Gasteiger partial charge in [0, 0.05) is 0 Å². The first-order valence-corrected chi connectivity index (χ1v) is 7.28. The molecule has 1 fully saturated rings. The third-order valence-electron chi connectivity index (χ3n) is 4.40. The van der Waals surface area contributed by atoms with Crippen LogP contribution in [0.2, 0.25) is 0 Å². The van der Waals surface area contributed by atoms with Crippen molar-refractivity contribution in [1.29, 1.82) is 0 Å². The van der Waals surface area contributed by atoms with Crippen molar-refractivity contribution in [2.24, 2.45) is 11.8 Å². The summed E-state index contributed by atoms with van der Waals surface area (Å²) in [7, 11) is 0. The van der Waals surface area contributed by atoms with Crippen molar-refractivity contribution < 1.29 is 0 Å². The van der Waals surface area contributed by atoms with Gasteiger partial charge in [0.1, 0.15) is 0 Å². The van der Waals surface area contributed by atoms with Gasteiger partial charge >= 0.3 is 0 Å². The standard InChI is InChI=1S/C16H26/c1-2-14-12-13-15-10-8-6-4-3-5-7-9-11-16(14)15/h7,9,11,14-15H,2-6,8,10,12-13H2,1H3/b9-7+,16-11-. The van der Waals surface area contributed by atoms with Crippen molar-refractivity contribution in [2.45, 2.75) is 64.7 Å². The summed E-state index contributed by atoms with van der Waals surface area (Å²) in [4.78, 5) is 0. The van der Waals surface area contributed by atoms with Gasteiger partial charge in [-0.2, -0.15) is 0 Å². The van der Waals surface area contributed by atoms with E-state index in [-0.39, 0.29) is 0 Å². The Hall–Kier alpha value is -0.520. The lowest BCUT2D eigenvalue weighted by Crippen LogP contribution is -2.01. The predicted molar refractivity (Wildman–Crippen MR) is 71.4 cm³/mol. The highest BCUT2D eigenvalue weighted by Crippen LogP contribution is 2.41. The maximum Gasteiger partial charge on any atom is -0.0197 e. The summed E-state index contributed by atoms with van der Waals surface area (Å²) in [6, 6.07) is 0. The fourth-order valence-electron chi connectivity index (χ4n) is 3.37. The van der Waals surface area contributed by atoms with Crippen LogP contribution in [-0.2, 0) is 0 Å². The Balaban J connectivity index is 2.06. The lowest BCUT2D eigenvalue weighted by molar-refractivity contribution is 0.515. The molecule has 0 aromatic heterocycles. The fourth-order valence-corrected chi connectivity index (χ4v) is 3.37. The Morgan fingerprint density at radius 2 is 1.94 bits per heavy atom. The van der Waals surface area contributed by atoms with E-state index in [1.807, 2.05) is 0 Å². The van der Waals surface area contributed by atoms with E-state index in [1.54, 1.807) is 5.57 Å². The molecule has 16 heavy (non-hydrogen) atoms. The van der Waals surface area contributed by atoms with E-state index in [9.17, 15) is 0 Å². The minimum atomic E-state index is 0.899. The second-order valence-electron chi connectivity index (χ2n) is 5.47. The maximum atomic E-state index is 2.46. The molecule has 2 aliphatic carbocycles. The van der Waals surface area contributed by atoms with Crippen LogP contribution in [0.1, 0.15) is 64.7 Å². The third-order valence-corrected chi connectivity index (χ3v) is 4.40. The predicted octanol–water partition coefficient (Wildman–Crippen LogP) is 5.26. The molecule has 0 bridgehead atoms. The molecule has 2 unspecified atom stereocenters. The van der Waals surface area contributed by atoms with Crippen LogP contribution < -0.4 is 0 Å². The van der Waals surface area contributed by atoms with E-state index >= 15 is 0 Å². The number of fused-ring (bicyclic) bond motifs is 1. The van der Waals surface area contributed by atoms with E-state index in [0.717, 1.165) is 11.8 Å². The topological polar surface area (TPSA) is 0 Å². The lowest BCUT2D eigenvalue weighted by atomic mass is 9.91. The Labute approximate surface area is 101 Å². The van der Waals surface area contributed by atoms with E-state index in [1.165, 1.54) is 57.8 Å². The quantitative estimate of drug-likeness (QED) is 0.563. The van der Waals surface area contributed by atoms with E-state index in [0.29, 0.717) is 0 Å². The second kappa shape index (κ2) is 6.27. The Kier molecular flexibility index (Phi) is 4.69. The summed E-state index contributed by atoms with van der Waals surface area (Å²) in [5, 5.41) is 0. The highest BCUT2D eigenvalue weighted by Gasteiger charge is 2.27. The fraction of sp³-hybridized carbons (Fsp3) is 0.750. The first kappa shape index (κ1) is 12.0. The lowest BCUT2D eigenvalue weighted by Gasteiger charge is -2.15. The molecule has 2 aliphatic rings. The van der Waals surface area contributed by atoms with Gasteiger partial charge in [-0.05, 0) is 50.4 Å². The van der Waals surface area contributed by atoms with Crippen LogP contribution in [-0.4, -0.2) is 0 Å². The smallest absolute Gasteiger partial charge is 0.0197 e. The Morgan fingerprint density at radius 1 is 1.06 bits per heavy atom. The van der Waals surface area contributed by atoms with Crippen molar-refractivity contribution in [1.82, 2.24) is 0 Å². The molecule has 1 saturated carbocycles. The molecule has 0 nitrogen and oxygen atoms in total. The highest BCUT2D eigenvalue weighted by molar-refractivity contribution is 5.21. The van der Waals surface area contributed by atoms with Crippen LogP contribution in [0.15, 0.2) is 23.8 Å². The van der Waals surface area contributed by atoms with Crippen LogP contribution in [0.5, 0.6) is 0 Å². The molecule has 0 aliphatic heterocycles. The Morgan fingerprint density at radius 3 is 2.81 bits per heavy atom. The molecule has 0 saturated heterocycles. The molecule has 0 amide bonds. The summed E-state index contributed by atoms with van der Waals surface area (Å²) >= 11 is 0. The monoisotopic (exact) mass is 218 g/mol. The van der Waals surface area contributed by atoms with Crippen LogP contribution in [0.25, 0.3) is 0 Å². The molecular formula is C16H26. The molecule has 90 valence electrons. The number of hydrogen-bond donors (Lipinski definition) is 0. The first-order chi connectivity index (χ1) is 7.92. The van der Waals surface area contributed by atoms with Crippen LogP contribution in [0.4, 0.5) is 0 Å². The molecule has 0 N–H and O–H groups in total. The van der Waals surface area contributed by atoms with Gasteiger partial charge in [-0.25, -0.2) is 0 Å².